The number of rotatable bonds is 10. The molecule has 0 bridgehead atoms. The lowest BCUT2D eigenvalue weighted by atomic mass is 10.1. The third-order valence-electron chi connectivity index (χ3n) is 3.77. The van der Waals surface area contributed by atoms with Gasteiger partial charge in [-0.2, -0.15) is 0 Å². The predicted molar refractivity (Wildman–Crippen MR) is 101 cm³/mol. The van der Waals surface area contributed by atoms with Gasteiger partial charge in [-0.05, 0) is 38.4 Å². The summed E-state index contributed by atoms with van der Waals surface area (Å²) in [5, 5.41) is 6.21. The molecular weight excluding hydrogens is 326 g/mol. The molecule has 0 atom stereocenters. The Morgan fingerprint density at radius 2 is 1.71 bits per heavy atom. The third kappa shape index (κ3) is 7.79. The number of nitrogens with zero attached hydrogens (tertiary/aromatic N) is 1. The summed E-state index contributed by atoms with van der Waals surface area (Å²) in [5.74, 6) is 0.0802. The molecule has 0 unspecified atom stereocenters. The van der Waals surface area contributed by atoms with Crippen molar-refractivity contribution in [3.05, 3.63) is 29.8 Å². The van der Waals surface area contributed by atoms with Crippen molar-refractivity contribution in [2.75, 3.05) is 25.0 Å². The van der Waals surface area contributed by atoms with Crippen LogP contribution in [0.3, 0.4) is 0 Å². The van der Waals surface area contributed by atoms with Crippen LogP contribution in [-0.2, 0) is 16.1 Å². The molecule has 0 aliphatic heterocycles. The summed E-state index contributed by atoms with van der Waals surface area (Å²) in [5.41, 5.74) is 1.91. The Morgan fingerprint density at radius 1 is 1.04 bits per heavy atom. The molecule has 1 aromatic carbocycles. The zero-order chi connectivity index (χ0) is 17.1. The molecule has 136 valence electrons. The van der Waals surface area contributed by atoms with Gasteiger partial charge in [0.1, 0.15) is 0 Å². The molecule has 2 N–H and O–H groups in total. The van der Waals surface area contributed by atoms with E-state index in [0.29, 0.717) is 19.3 Å². The second kappa shape index (κ2) is 12.8. The number of halogens is 1. The molecular formula is C18H30ClN3O2. The number of hydrogen-bond acceptors (Lipinski definition) is 3. The highest BCUT2D eigenvalue weighted by Crippen LogP contribution is 2.15. The SMILES string of the molecule is CCNCc1ccccc1NC(=O)CCCC(=O)N(CC)CC.Cl. The summed E-state index contributed by atoms with van der Waals surface area (Å²) in [6.07, 6.45) is 1.37. The first kappa shape index (κ1) is 22.4. The first-order valence-corrected chi connectivity index (χ1v) is 8.48. The van der Waals surface area contributed by atoms with Crippen molar-refractivity contribution >= 4 is 29.9 Å². The van der Waals surface area contributed by atoms with Crippen molar-refractivity contribution in [1.82, 2.24) is 10.2 Å². The molecule has 0 fully saturated rings. The second-order valence-electron chi connectivity index (χ2n) is 5.41. The molecule has 0 heterocycles. The first-order valence-electron chi connectivity index (χ1n) is 8.48. The molecule has 24 heavy (non-hydrogen) atoms. The Kier molecular flexibility index (Phi) is 11.9. The molecule has 0 saturated heterocycles. The molecule has 6 heteroatoms. The Labute approximate surface area is 151 Å². The quantitative estimate of drug-likeness (QED) is 0.677. The van der Waals surface area contributed by atoms with Crippen LogP contribution in [0.15, 0.2) is 24.3 Å². The lowest BCUT2D eigenvalue weighted by Crippen LogP contribution is -2.30. The maximum atomic E-state index is 12.1. The van der Waals surface area contributed by atoms with Gasteiger partial charge in [-0.1, -0.05) is 25.1 Å². The summed E-state index contributed by atoms with van der Waals surface area (Å²) in [7, 11) is 0. The molecule has 1 rings (SSSR count). The van der Waals surface area contributed by atoms with Gasteiger partial charge in [-0.15, -0.1) is 12.4 Å². The average Bonchev–Trinajstić information content (AvgIpc) is 2.55. The fourth-order valence-corrected chi connectivity index (χ4v) is 2.40. The largest absolute Gasteiger partial charge is 0.343 e. The van der Waals surface area contributed by atoms with Gasteiger partial charge in [0.25, 0.3) is 0 Å². The van der Waals surface area contributed by atoms with E-state index >= 15 is 0 Å². The summed E-state index contributed by atoms with van der Waals surface area (Å²) < 4.78 is 0. The molecule has 5 nitrogen and oxygen atoms in total. The van der Waals surface area contributed by atoms with Crippen molar-refractivity contribution in [3.8, 4) is 0 Å². The van der Waals surface area contributed by atoms with Crippen LogP contribution >= 0.6 is 12.4 Å². The van der Waals surface area contributed by atoms with E-state index in [1.54, 1.807) is 4.90 Å². The van der Waals surface area contributed by atoms with E-state index in [0.717, 1.165) is 37.4 Å². The molecule has 0 aromatic heterocycles. The van der Waals surface area contributed by atoms with Crippen LogP contribution in [0, 0.1) is 0 Å². The van der Waals surface area contributed by atoms with Crippen LogP contribution in [0.25, 0.3) is 0 Å². The number of hydrogen-bond donors (Lipinski definition) is 2. The molecule has 0 radical (unpaired) electrons. The summed E-state index contributed by atoms with van der Waals surface area (Å²) in [6, 6.07) is 7.79. The standard InChI is InChI=1S/C18H29N3O2.ClH/c1-4-19-14-15-10-7-8-11-16(15)20-17(22)12-9-13-18(23)21(5-2)6-3;/h7-8,10-11,19H,4-6,9,12-14H2,1-3H3,(H,20,22);1H. The normalized spacial score (nSPS) is 9.96. The third-order valence-corrected chi connectivity index (χ3v) is 3.77. The van der Waals surface area contributed by atoms with E-state index in [1.165, 1.54) is 0 Å². The van der Waals surface area contributed by atoms with E-state index in [9.17, 15) is 9.59 Å². The van der Waals surface area contributed by atoms with Gasteiger partial charge in [-0.3, -0.25) is 9.59 Å². The topological polar surface area (TPSA) is 61.4 Å². The highest BCUT2D eigenvalue weighted by atomic mass is 35.5. The Morgan fingerprint density at radius 3 is 2.33 bits per heavy atom. The van der Waals surface area contributed by atoms with Crippen LogP contribution < -0.4 is 10.6 Å². The Bertz CT molecular complexity index is 505. The van der Waals surface area contributed by atoms with Crippen molar-refractivity contribution in [1.29, 1.82) is 0 Å². The summed E-state index contributed by atoms with van der Waals surface area (Å²) >= 11 is 0. The Balaban J connectivity index is 0.00000529. The molecule has 0 aliphatic carbocycles. The van der Waals surface area contributed by atoms with Crippen LogP contribution in [0.5, 0.6) is 0 Å². The predicted octanol–water partition coefficient (Wildman–Crippen LogP) is 3.20. The van der Waals surface area contributed by atoms with Gasteiger partial charge < -0.3 is 15.5 Å². The van der Waals surface area contributed by atoms with Gasteiger partial charge in [-0.25, -0.2) is 0 Å². The van der Waals surface area contributed by atoms with Gasteiger partial charge in [0.05, 0.1) is 0 Å². The van der Waals surface area contributed by atoms with Crippen molar-refractivity contribution in [2.24, 2.45) is 0 Å². The van der Waals surface area contributed by atoms with Crippen molar-refractivity contribution in [2.45, 2.75) is 46.6 Å². The lowest BCUT2D eigenvalue weighted by molar-refractivity contribution is -0.130. The lowest BCUT2D eigenvalue weighted by Gasteiger charge is -2.18. The number of amides is 2. The maximum absolute atomic E-state index is 12.1. The summed E-state index contributed by atoms with van der Waals surface area (Å²) in [6.45, 7) is 9.04. The maximum Gasteiger partial charge on any atom is 0.224 e. The van der Waals surface area contributed by atoms with Crippen LogP contribution in [-0.4, -0.2) is 36.3 Å². The Hall–Kier alpha value is -1.59. The monoisotopic (exact) mass is 355 g/mol. The van der Waals surface area contributed by atoms with Crippen molar-refractivity contribution < 1.29 is 9.59 Å². The van der Waals surface area contributed by atoms with Gasteiger partial charge in [0, 0.05) is 38.2 Å². The molecule has 0 aliphatic rings. The number of para-hydroxylation sites is 1. The highest BCUT2D eigenvalue weighted by molar-refractivity contribution is 5.91. The van der Waals surface area contributed by atoms with E-state index < -0.39 is 0 Å². The number of benzene rings is 1. The minimum absolute atomic E-state index is 0. The fraction of sp³-hybridized carbons (Fsp3) is 0.556. The average molecular weight is 356 g/mol. The molecule has 2 amide bonds. The van der Waals surface area contributed by atoms with Gasteiger partial charge in [0.2, 0.25) is 11.8 Å². The van der Waals surface area contributed by atoms with Crippen LogP contribution in [0.2, 0.25) is 0 Å². The number of nitrogens with one attached hydrogen (secondary N) is 2. The van der Waals surface area contributed by atoms with E-state index in [1.807, 2.05) is 45.0 Å². The minimum atomic E-state index is -0.0405. The number of anilines is 1. The minimum Gasteiger partial charge on any atom is -0.343 e. The smallest absolute Gasteiger partial charge is 0.224 e. The summed E-state index contributed by atoms with van der Waals surface area (Å²) in [4.78, 5) is 25.8. The zero-order valence-corrected chi connectivity index (χ0v) is 15.7. The first-order chi connectivity index (χ1) is 11.1. The number of carbonyl (C=O) groups is 2. The van der Waals surface area contributed by atoms with E-state index in [-0.39, 0.29) is 24.2 Å². The van der Waals surface area contributed by atoms with Gasteiger partial charge in [0.15, 0.2) is 0 Å². The zero-order valence-electron chi connectivity index (χ0n) is 14.9. The number of carbonyl (C=O) groups excluding carboxylic acids is 2. The molecule has 0 saturated carbocycles. The molecule has 1 aromatic rings. The second-order valence-corrected chi connectivity index (χ2v) is 5.41. The van der Waals surface area contributed by atoms with E-state index in [2.05, 4.69) is 10.6 Å². The van der Waals surface area contributed by atoms with Gasteiger partial charge >= 0.3 is 0 Å². The highest BCUT2D eigenvalue weighted by Gasteiger charge is 2.11. The van der Waals surface area contributed by atoms with E-state index in [4.69, 9.17) is 0 Å². The van der Waals surface area contributed by atoms with Crippen LogP contribution in [0.1, 0.15) is 45.6 Å². The van der Waals surface area contributed by atoms with Crippen molar-refractivity contribution in [3.63, 3.8) is 0 Å². The fourth-order valence-electron chi connectivity index (χ4n) is 2.40. The van der Waals surface area contributed by atoms with Crippen LogP contribution in [0.4, 0.5) is 5.69 Å². The molecule has 0 spiro atoms.